The molecule has 3 aromatic carbocycles. The zero-order chi connectivity index (χ0) is 22.3. The smallest absolute Gasteiger partial charge is 0.266 e. The number of hydrogen-bond acceptors (Lipinski definition) is 6. The Labute approximate surface area is 180 Å². The van der Waals surface area contributed by atoms with E-state index in [2.05, 4.69) is 10.3 Å². The summed E-state index contributed by atoms with van der Waals surface area (Å²) in [6.45, 7) is 0.242. The van der Waals surface area contributed by atoms with Crippen molar-refractivity contribution in [1.82, 2.24) is 10.3 Å². The van der Waals surface area contributed by atoms with Gasteiger partial charge in [-0.2, -0.15) is 0 Å². The lowest BCUT2D eigenvalue weighted by Crippen LogP contribution is -2.41. The normalized spacial score (nSPS) is 10.9. The molecule has 0 unspecified atom stereocenters. The van der Waals surface area contributed by atoms with Gasteiger partial charge in [-0.3, -0.25) is 10.2 Å². The van der Waals surface area contributed by atoms with Crippen LogP contribution < -0.4 is 24.5 Å². The number of ether oxygens (including phenoxy) is 3. The highest BCUT2D eigenvalue weighted by molar-refractivity contribution is 7.89. The summed E-state index contributed by atoms with van der Waals surface area (Å²) in [4.78, 5) is 14.7. The molecule has 1 amide bonds. The van der Waals surface area contributed by atoms with Gasteiger partial charge in [0.25, 0.3) is 15.9 Å². The van der Waals surface area contributed by atoms with Crippen molar-refractivity contribution < 1.29 is 27.4 Å². The summed E-state index contributed by atoms with van der Waals surface area (Å²) in [5, 5.41) is 0. The minimum atomic E-state index is -3.92. The summed E-state index contributed by atoms with van der Waals surface area (Å²) in [5.74, 6) is 0.177. The first-order valence-corrected chi connectivity index (χ1v) is 10.7. The maximum atomic E-state index is 12.6. The van der Waals surface area contributed by atoms with Crippen molar-refractivity contribution in [1.29, 1.82) is 0 Å². The number of amides is 1. The molecule has 0 saturated carbocycles. The van der Waals surface area contributed by atoms with Gasteiger partial charge in [0, 0.05) is 5.56 Å². The highest BCUT2D eigenvalue weighted by atomic mass is 32.2. The fourth-order valence-corrected chi connectivity index (χ4v) is 3.61. The topological polar surface area (TPSA) is 103 Å². The van der Waals surface area contributed by atoms with Gasteiger partial charge < -0.3 is 14.2 Å². The largest absolute Gasteiger partial charge is 0.493 e. The van der Waals surface area contributed by atoms with E-state index >= 15 is 0 Å². The van der Waals surface area contributed by atoms with Crippen molar-refractivity contribution >= 4 is 15.9 Å². The van der Waals surface area contributed by atoms with Crippen molar-refractivity contribution in [3.05, 3.63) is 83.9 Å². The van der Waals surface area contributed by atoms with Crippen molar-refractivity contribution in [2.75, 3.05) is 14.2 Å². The lowest BCUT2D eigenvalue weighted by atomic mass is 10.1. The first kappa shape index (κ1) is 22.1. The first-order valence-electron chi connectivity index (χ1n) is 9.24. The van der Waals surface area contributed by atoms with Crippen molar-refractivity contribution in [3.8, 4) is 17.2 Å². The number of hydrazine groups is 1. The molecule has 8 nitrogen and oxygen atoms in total. The molecule has 3 aromatic rings. The number of benzene rings is 3. The summed E-state index contributed by atoms with van der Waals surface area (Å²) >= 11 is 0. The van der Waals surface area contributed by atoms with E-state index in [-0.39, 0.29) is 28.6 Å². The SMILES string of the molecule is COc1cc(C(=O)NNS(=O)(=O)c2ccccc2)cc(OCc2ccccc2)c1OC. The molecular weight excluding hydrogens is 420 g/mol. The summed E-state index contributed by atoms with van der Waals surface area (Å²) in [6, 6.07) is 20.1. The Morgan fingerprint density at radius 3 is 2.10 bits per heavy atom. The Bertz CT molecular complexity index is 1140. The fourth-order valence-electron chi connectivity index (χ4n) is 2.75. The van der Waals surface area contributed by atoms with Gasteiger partial charge in [0.15, 0.2) is 11.5 Å². The van der Waals surface area contributed by atoms with E-state index in [1.807, 2.05) is 30.3 Å². The highest BCUT2D eigenvalue weighted by Crippen LogP contribution is 2.38. The van der Waals surface area contributed by atoms with Crippen LogP contribution in [-0.2, 0) is 16.6 Å². The Morgan fingerprint density at radius 2 is 1.48 bits per heavy atom. The highest BCUT2D eigenvalue weighted by Gasteiger charge is 2.20. The molecule has 0 fully saturated rings. The lowest BCUT2D eigenvalue weighted by molar-refractivity contribution is 0.0944. The molecule has 0 saturated heterocycles. The summed E-state index contributed by atoms with van der Waals surface area (Å²) < 4.78 is 41.2. The molecule has 0 radical (unpaired) electrons. The Morgan fingerprint density at radius 1 is 0.871 bits per heavy atom. The van der Waals surface area contributed by atoms with E-state index in [1.165, 1.54) is 38.5 Å². The van der Waals surface area contributed by atoms with Crippen molar-refractivity contribution in [2.24, 2.45) is 0 Å². The monoisotopic (exact) mass is 442 g/mol. The second kappa shape index (κ2) is 9.96. The Kier molecular flexibility index (Phi) is 7.11. The third-order valence-electron chi connectivity index (χ3n) is 4.30. The third kappa shape index (κ3) is 5.53. The van der Waals surface area contributed by atoms with E-state index < -0.39 is 15.9 Å². The number of rotatable bonds is 9. The molecule has 0 aliphatic rings. The van der Waals surface area contributed by atoms with Gasteiger partial charge in [-0.25, -0.2) is 8.42 Å². The average Bonchev–Trinajstić information content (AvgIpc) is 2.81. The quantitative estimate of drug-likeness (QED) is 0.494. The number of carbonyl (C=O) groups excluding carboxylic acids is 1. The number of methoxy groups -OCH3 is 2. The maximum Gasteiger partial charge on any atom is 0.266 e. The molecule has 2 N–H and O–H groups in total. The standard InChI is InChI=1S/C22H22N2O6S/c1-28-19-13-17(22(25)23-24-31(26,27)18-11-7-4-8-12-18)14-20(21(19)29-2)30-15-16-9-5-3-6-10-16/h3-14,24H,15H2,1-2H3,(H,23,25). The van der Waals surface area contributed by atoms with Crippen LogP contribution in [0, 0.1) is 0 Å². The zero-order valence-corrected chi connectivity index (χ0v) is 17.8. The van der Waals surface area contributed by atoms with Crippen LogP contribution in [0.3, 0.4) is 0 Å². The van der Waals surface area contributed by atoms with E-state index in [0.717, 1.165) is 5.56 Å². The minimum absolute atomic E-state index is 0.0227. The van der Waals surface area contributed by atoms with E-state index in [1.54, 1.807) is 18.2 Å². The molecule has 0 bridgehead atoms. The van der Waals surface area contributed by atoms with Crippen LogP contribution in [0.4, 0.5) is 0 Å². The second-order valence-electron chi connectivity index (χ2n) is 6.36. The number of sulfonamides is 1. The zero-order valence-electron chi connectivity index (χ0n) is 17.0. The van der Waals surface area contributed by atoms with Crippen molar-refractivity contribution in [3.63, 3.8) is 0 Å². The van der Waals surface area contributed by atoms with Gasteiger partial charge in [-0.05, 0) is 29.8 Å². The van der Waals surface area contributed by atoms with E-state index in [9.17, 15) is 13.2 Å². The number of nitrogens with one attached hydrogen (secondary N) is 2. The van der Waals surface area contributed by atoms with Gasteiger partial charge in [-0.15, -0.1) is 4.83 Å². The molecule has 0 aromatic heterocycles. The molecule has 9 heteroatoms. The van der Waals surface area contributed by atoms with Gasteiger partial charge >= 0.3 is 0 Å². The van der Waals surface area contributed by atoms with E-state index in [4.69, 9.17) is 14.2 Å². The first-order chi connectivity index (χ1) is 14.9. The van der Waals surface area contributed by atoms with Gasteiger partial charge in [0.05, 0.1) is 19.1 Å². The third-order valence-corrected chi connectivity index (χ3v) is 5.56. The summed E-state index contributed by atoms with van der Waals surface area (Å²) in [5.41, 5.74) is 3.25. The predicted molar refractivity (Wildman–Crippen MR) is 115 cm³/mol. The Balaban J connectivity index is 1.80. The van der Waals surface area contributed by atoms with Crippen LogP contribution in [0.1, 0.15) is 15.9 Å². The van der Waals surface area contributed by atoms with Crippen molar-refractivity contribution in [2.45, 2.75) is 11.5 Å². The molecule has 0 atom stereocenters. The predicted octanol–water partition coefficient (Wildman–Crippen LogP) is 2.91. The lowest BCUT2D eigenvalue weighted by Gasteiger charge is -2.16. The summed E-state index contributed by atoms with van der Waals surface area (Å²) in [7, 11) is -1.03. The number of carbonyl (C=O) groups is 1. The maximum absolute atomic E-state index is 12.6. The van der Waals surface area contributed by atoms with Crippen LogP contribution >= 0.6 is 0 Å². The number of hydrogen-bond donors (Lipinski definition) is 2. The fraction of sp³-hybridized carbons (Fsp3) is 0.136. The van der Waals surface area contributed by atoms with Crippen LogP contribution in [0.15, 0.2) is 77.7 Å². The van der Waals surface area contributed by atoms with E-state index in [0.29, 0.717) is 5.75 Å². The average molecular weight is 442 g/mol. The van der Waals surface area contributed by atoms with Gasteiger partial charge in [-0.1, -0.05) is 48.5 Å². The van der Waals surface area contributed by atoms with Crippen LogP contribution in [0.2, 0.25) is 0 Å². The molecule has 3 rings (SSSR count). The Hall–Kier alpha value is -3.56. The molecule has 31 heavy (non-hydrogen) atoms. The second-order valence-corrected chi connectivity index (χ2v) is 8.04. The van der Waals surface area contributed by atoms with Gasteiger partial charge in [0.1, 0.15) is 6.61 Å². The van der Waals surface area contributed by atoms with Crippen LogP contribution in [-0.4, -0.2) is 28.5 Å². The summed E-state index contributed by atoms with van der Waals surface area (Å²) in [6.07, 6.45) is 0. The minimum Gasteiger partial charge on any atom is -0.493 e. The van der Waals surface area contributed by atoms with Crippen LogP contribution in [0.5, 0.6) is 17.2 Å². The molecular formula is C22H22N2O6S. The van der Waals surface area contributed by atoms with Crippen LogP contribution in [0.25, 0.3) is 0 Å². The molecule has 0 heterocycles. The molecule has 0 aliphatic heterocycles. The molecule has 0 aliphatic carbocycles. The molecule has 0 spiro atoms. The molecule has 162 valence electrons. The van der Waals surface area contributed by atoms with Gasteiger partial charge in [0.2, 0.25) is 5.75 Å².